The van der Waals surface area contributed by atoms with E-state index < -0.39 is 10.2 Å². The van der Waals surface area contributed by atoms with Gasteiger partial charge >= 0.3 is 0 Å². The molecule has 0 aromatic heterocycles. The number of piperidine rings is 1. The summed E-state index contributed by atoms with van der Waals surface area (Å²) in [5.74, 6) is 0. The molecule has 3 saturated heterocycles. The van der Waals surface area contributed by atoms with Crippen LogP contribution < -0.4 is 5.32 Å². The van der Waals surface area contributed by atoms with Crippen molar-refractivity contribution in [3.05, 3.63) is 0 Å². The lowest BCUT2D eigenvalue weighted by Crippen LogP contribution is -2.45. The van der Waals surface area contributed by atoms with Crippen molar-refractivity contribution in [3.63, 3.8) is 0 Å². The van der Waals surface area contributed by atoms with Crippen LogP contribution in [0.1, 0.15) is 44.9 Å². The van der Waals surface area contributed by atoms with E-state index in [9.17, 15) is 8.42 Å². The molecule has 0 saturated carbocycles. The van der Waals surface area contributed by atoms with Gasteiger partial charge in [0.15, 0.2) is 0 Å². The van der Waals surface area contributed by atoms with Crippen molar-refractivity contribution in [1.29, 1.82) is 0 Å². The predicted octanol–water partition coefficient (Wildman–Crippen LogP) is 1.60. The molecule has 0 aliphatic carbocycles. The second-order valence-electron chi connectivity index (χ2n) is 6.65. The predicted molar refractivity (Wildman–Crippen MR) is 86.9 cm³/mol. The van der Waals surface area contributed by atoms with Gasteiger partial charge in [-0.1, -0.05) is 12.8 Å². The van der Waals surface area contributed by atoms with Crippen LogP contribution in [0.3, 0.4) is 0 Å². The maximum absolute atomic E-state index is 12.8. The third kappa shape index (κ3) is 3.72. The highest BCUT2D eigenvalue weighted by Crippen LogP contribution is 2.40. The van der Waals surface area contributed by atoms with Crippen molar-refractivity contribution in [1.82, 2.24) is 13.9 Å². The van der Waals surface area contributed by atoms with Crippen molar-refractivity contribution in [2.75, 3.05) is 39.3 Å². The van der Waals surface area contributed by atoms with Gasteiger partial charge < -0.3 is 5.32 Å². The van der Waals surface area contributed by atoms with Crippen molar-refractivity contribution < 1.29 is 8.42 Å². The fraction of sp³-hybridized carbons (Fsp3) is 1.00. The number of halogens is 1. The Bertz CT molecular complexity index is 430. The van der Waals surface area contributed by atoms with Crippen LogP contribution >= 0.6 is 12.4 Å². The first-order valence-electron chi connectivity index (χ1n) is 8.08. The molecule has 0 radical (unpaired) electrons. The molecule has 0 atom stereocenters. The zero-order valence-corrected chi connectivity index (χ0v) is 14.4. The molecule has 0 aromatic carbocycles. The lowest BCUT2D eigenvalue weighted by atomic mass is 9.78. The van der Waals surface area contributed by atoms with Crippen LogP contribution in [0.2, 0.25) is 0 Å². The van der Waals surface area contributed by atoms with Crippen LogP contribution in [0.15, 0.2) is 0 Å². The smallest absolute Gasteiger partial charge is 0.281 e. The minimum absolute atomic E-state index is 0. The Hall–Kier alpha value is 0.120. The summed E-state index contributed by atoms with van der Waals surface area (Å²) in [7, 11) is -3.21. The fourth-order valence-corrected chi connectivity index (χ4v) is 5.70. The van der Waals surface area contributed by atoms with E-state index in [-0.39, 0.29) is 17.8 Å². The van der Waals surface area contributed by atoms with Crippen molar-refractivity contribution in [2.45, 2.75) is 44.9 Å². The molecule has 21 heavy (non-hydrogen) atoms. The third-order valence-corrected chi connectivity index (χ3v) is 7.27. The summed E-state index contributed by atoms with van der Waals surface area (Å²) in [5, 5.41) is 3.38. The van der Waals surface area contributed by atoms with Gasteiger partial charge in [0.05, 0.1) is 0 Å². The minimum atomic E-state index is -3.21. The first-order valence-corrected chi connectivity index (χ1v) is 9.48. The van der Waals surface area contributed by atoms with E-state index in [4.69, 9.17) is 0 Å². The summed E-state index contributed by atoms with van der Waals surface area (Å²) in [6, 6.07) is 0. The third-order valence-electron chi connectivity index (χ3n) is 5.29. The molecular weight excluding hydrogens is 310 g/mol. The summed E-state index contributed by atoms with van der Waals surface area (Å²) >= 11 is 0. The minimum Gasteiger partial charge on any atom is -0.317 e. The second kappa shape index (κ2) is 7.13. The van der Waals surface area contributed by atoms with Gasteiger partial charge in [-0.3, -0.25) is 0 Å². The van der Waals surface area contributed by atoms with Crippen molar-refractivity contribution in [3.8, 4) is 0 Å². The Morgan fingerprint density at radius 2 is 1.43 bits per heavy atom. The Morgan fingerprint density at radius 3 is 2.05 bits per heavy atom. The van der Waals surface area contributed by atoms with E-state index in [0.29, 0.717) is 13.1 Å². The summed E-state index contributed by atoms with van der Waals surface area (Å²) in [4.78, 5) is 0. The molecule has 0 aromatic rings. The molecule has 3 aliphatic heterocycles. The monoisotopic (exact) mass is 337 g/mol. The Labute approximate surface area is 135 Å². The molecule has 3 rings (SSSR count). The molecule has 5 nitrogen and oxygen atoms in total. The number of hydrogen-bond acceptors (Lipinski definition) is 3. The molecule has 3 fully saturated rings. The summed E-state index contributed by atoms with van der Waals surface area (Å²) in [5.41, 5.74) is 0.254. The van der Waals surface area contributed by atoms with Gasteiger partial charge in [-0.25, -0.2) is 0 Å². The topological polar surface area (TPSA) is 52.7 Å². The second-order valence-corrected chi connectivity index (χ2v) is 8.58. The highest BCUT2D eigenvalue weighted by Gasteiger charge is 2.44. The number of nitrogens with zero attached hydrogens (tertiary/aromatic N) is 2. The van der Waals surface area contributed by atoms with Crippen LogP contribution in [0.4, 0.5) is 0 Å². The van der Waals surface area contributed by atoms with Gasteiger partial charge in [-0.05, 0) is 50.6 Å². The first kappa shape index (κ1) is 17.5. The van der Waals surface area contributed by atoms with Crippen molar-refractivity contribution >= 4 is 22.6 Å². The fourth-order valence-electron chi connectivity index (χ4n) is 3.89. The lowest BCUT2D eigenvalue weighted by molar-refractivity contribution is 0.215. The van der Waals surface area contributed by atoms with E-state index in [1.807, 2.05) is 0 Å². The Morgan fingerprint density at radius 1 is 0.810 bits per heavy atom. The largest absolute Gasteiger partial charge is 0.317 e. The molecule has 3 heterocycles. The molecule has 3 aliphatic rings. The number of nitrogens with one attached hydrogen (secondary N) is 1. The highest BCUT2D eigenvalue weighted by atomic mass is 35.5. The van der Waals surface area contributed by atoms with E-state index in [1.165, 1.54) is 12.8 Å². The lowest BCUT2D eigenvalue weighted by Gasteiger charge is -2.34. The molecule has 0 amide bonds. The van der Waals surface area contributed by atoms with Gasteiger partial charge in [-0.2, -0.15) is 17.0 Å². The van der Waals surface area contributed by atoms with E-state index in [0.717, 1.165) is 58.3 Å². The molecule has 1 spiro atoms. The zero-order chi connectivity index (χ0) is 14.1. The Balaban J connectivity index is 0.00000161. The molecule has 0 bridgehead atoms. The maximum Gasteiger partial charge on any atom is 0.281 e. The van der Waals surface area contributed by atoms with Gasteiger partial charge in [0, 0.05) is 26.2 Å². The van der Waals surface area contributed by atoms with Crippen LogP contribution in [0.5, 0.6) is 0 Å². The van der Waals surface area contributed by atoms with Crippen LogP contribution in [-0.4, -0.2) is 56.3 Å². The zero-order valence-electron chi connectivity index (χ0n) is 12.7. The van der Waals surface area contributed by atoms with Crippen LogP contribution in [-0.2, 0) is 10.2 Å². The number of hydrogen-bond donors (Lipinski definition) is 1. The standard InChI is InChI=1S/C14H27N3O2S.ClH/c18-20(19,16-10-3-1-2-4-11-16)17-12-7-14(13-17)5-8-15-9-6-14;/h15H,1-13H2;1H. The molecule has 0 unspecified atom stereocenters. The van der Waals surface area contributed by atoms with Gasteiger partial charge in [-0.15, -0.1) is 12.4 Å². The van der Waals surface area contributed by atoms with E-state index in [2.05, 4.69) is 5.32 Å². The number of rotatable bonds is 2. The highest BCUT2D eigenvalue weighted by molar-refractivity contribution is 7.86. The maximum atomic E-state index is 12.8. The first-order chi connectivity index (χ1) is 9.62. The summed E-state index contributed by atoms with van der Waals surface area (Å²) < 4.78 is 29.1. The molecule has 124 valence electrons. The Kier molecular flexibility index (Phi) is 5.93. The summed E-state index contributed by atoms with van der Waals surface area (Å²) in [6.07, 6.45) is 7.66. The van der Waals surface area contributed by atoms with Crippen LogP contribution in [0, 0.1) is 5.41 Å². The normalized spacial score (nSPS) is 28.2. The molecular formula is C14H28ClN3O2S. The van der Waals surface area contributed by atoms with E-state index >= 15 is 0 Å². The van der Waals surface area contributed by atoms with Gasteiger partial charge in [0.25, 0.3) is 10.2 Å². The summed E-state index contributed by atoms with van der Waals surface area (Å²) in [6.45, 7) is 4.97. The SMILES string of the molecule is Cl.O=S(=O)(N1CCCCCC1)N1CCC2(CCNCC2)C1. The van der Waals surface area contributed by atoms with Crippen LogP contribution in [0.25, 0.3) is 0 Å². The van der Waals surface area contributed by atoms with Gasteiger partial charge in [0.1, 0.15) is 0 Å². The average molecular weight is 338 g/mol. The van der Waals surface area contributed by atoms with Crippen molar-refractivity contribution in [2.24, 2.45) is 5.41 Å². The van der Waals surface area contributed by atoms with Gasteiger partial charge in [0.2, 0.25) is 0 Å². The molecule has 7 heteroatoms. The average Bonchev–Trinajstić information content (AvgIpc) is 2.69. The molecule has 1 N–H and O–H groups in total. The van der Waals surface area contributed by atoms with E-state index in [1.54, 1.807) is 8.61 Å². The quantitative estimate of drug-likeness (QED) is 0.832.